The Hall–Kier alpha value is -1.46. The first kappa shape index (κ1) is 15.9. The van der Waals surface area contributed by atoms with Crippen LogP contribution in [0.3, 0.4) is 0 Å². The van der Waals surface area contributed by atoms with Crippen molar-refractivity contribution < 1.29 is 13.9 Å². The van der Waals surface area contributed by atoms with Crippen LogP contribution in [-0.2, 0) is 9.53 Å². The molecular weight excluding hydrogens is 271 g/mol. The molecule has 2 atom stereocenters. The number of benzene rings is 1. The highest BCUT2D eigenvalue weighted by molar-refractivity contribution is 5.76. The number of nitrogens with one attached hydrogen (secondary N) is 1. The van der Waals surface area contributed by atoms with Gasteiger partial charge in [0.1, 0.15) is 5.82 Å². The quantitative estimate of drug-likeness (QED) is 0.900. The number of halogens is 1. The maximum Gasteiger partial charge on any atom is 0.220 e. The molecule has 1 N–H and O–H groups in total. The smallest absolute Gasteiger partial charge is 0.220 e. The van der Waals surface area contributed by atoms with Gasteiger partial charge in [-0.15, -0.1) is 0 Å². The first-order valence-electron chi connectivity index (χ1n) is 7.37. The second kappa shape index (κ2) is 7.52. The van der Waals surface area contributed by atoms with Crippen LogP contribution >= 0.6 is 0 Å². The molecule has 116 valence electrons. The van der Waals surface area contributed by atoms with E-state index < -0.39 is 0 Å². The van der Waals surface area contributed by atoms with Crippen molar-refractivity contribution in [3.63, 3.8) is 0 Å². The number of nitrogens with zero attached hydrogens (tertiary/aromatic N) is 1. The van der Waals surface area contributed by atoms with Gasteiger partial charge in [0, 0.05) is 26.1 Å². The molecule has 5 heteroatoms. The van der Waals surface area contributed by atoms with Crippen LogP contribution < -0.4 is 5.32 Å². The molecule has 2 rings (SSSR count). The number of amides is 1. The summed E-state index contributed by atoms with van der Waals surface area (Å²) in [6.45, 7) is 5.00. The standard InChI is InChI=1S/C16H23FN2O2/c1-12(13-3-5-14(17)6-4-13)9-16(20)18-10-15-11-19(2)7-8-21-15/h3-6,12,15H,7-11H2,1-2H3,(H,18,20)/t12-,15-/m1/s1. The highest BCUT2D eigenvalue weighted by Gasteiger charge is 2.19. The van der Waals surface area contributed by atoms with Crippen LogP contribution in [0, 0.1) is 5.82 Å². The predicted molar refractivity (Wildman–Crippen MR) is 79.7 cm³/mol. The molecule has 0 unspecified atom stereocenters. The van der Waals surface area contributed by atoms with Crippen molar-refractivity contribution in [1.29, 1.82) is 0 Å². The summed E-state index contributed by atoms with van der Waals surface area (Å²) in [5.74, 6) is -0.182. The van der Waals surface area contributed by atoms with E-state index in [4.69, 9.17) is 4.74 Å². The molecule has 1 aromatic rings. The van der Waals surface area contributed by atoms with Gasteiger partial charge in [-0.3, -0.25) is 4.79 Å². The van der Waals surface area contributed by atoms with Crippen molar-refractivity contribution in [1.82, 2.24) is 10.2 Å². The Balaban J connectivity index is 1.74. The minimum absolute atomic E-state index is 0.00338. The number of likely N-dealkylation sites (N-methyl/N-ethyl adjacent to an activating group) is 1. The Morgan fingerprint density at radius 2 is 2.19 bits per heavy atom. The molecule has 0 aliphatic carbocycles. The van der Waals surface area contributed by atoms with Crippen molar-refractivity contribution in [2.24, 2.45) is 0 Å². The number of hydrogen-bond donors (Lipinski definition) is 1. The largest absolute Gasteiger partial charge is 0.374 e. The van der Waals surface area contributed by atoms with Crippen molar-refractivity contribution in [3.8, 4) is 0 Å². The number of carbonyl (C=O) groups is 1. The zero-order valence-corrected chi connectivity index (χ0v) is 12.6. The van der Waals surface area contributed by atoms with Crippen LogP contribution in [-0.4, -0.2) is 50.2 Å². The van der Waals surface area contributed by atoms with E-state index in [1.807, 2.05) is 14.0 Å². The maximum absolute atomic E-state index is 12.9. The SMILES string of the molecule is C[C@H](CC(=O)NC[C@@H]1CN(C)CCO1)c1ccc(F)cc1. The molecule has 0 aromatic heterocycles. The van der Waals surface area contributed by atoms with Crippen LogP contribution in [0.4, 0.5) is 4.39 Å². The molecule has 0 bridgehead atoms. The summed E-state index contributed by atoms with van der Waals surface area (Å²) in [4.78, 5) is 14.2. The van der Waals surface area contributed by atoms with E-state index in [2.05, 4.69) is 10.2 Å². The molecule has 1 aromatic carbocycles. The normalized spacial score (nSPS) is 21.0. The fourth-order valence-corrected chi connectivity index (χ4v) is 2.48. The van der Waals surface area contributed by atoms with Gasteiger partial charge < -0.3 is 15.0 Å². The van der Waals surface area contributed by atoms with Crippen molar-refractivity contribution >= 4 is 5.91 Å². The third-order valence-corrected chi connectivity index (χ3v) is 3.80. The molecule has 1 fully saturated rings. The van der Waals surface area contributed by atoms with Crippen LogP contribution in [0.1, 0.15) is 24.8 Å². The first-order valence-corrected chi connectivity index (χ1v) is 7.37. The number of hydrogen-bond acceptors (Lipinski definition) is 3. The highest BCUT2D eigenvalue weighted by atomic mass is 19.1. The average Bonchev–Trinajstić information content (AvgIpc) is 2.46. The van der Waals surface area contributed by atoms with E-state index in [9.17, 15) is 9.18 Å². The number of carbonyl (C=O) groups excluding carboxylic acids is 1. The molecule has 0 radical (unpaired) electrons. The van der Waals surface area contributed by atoms with Gasteiger partial charge in [-0.05, 0) is 30.7 Å². The summed E-state index contributed by atoms with van der Waals surface area (Å²) >= 11 is 0. The summed E-state index contributed by atoms with van der Waals surface area (Å²) in [5.41, 5.74) is 0.972. The molecule has 0 spiro atoms. The second-order valence-corrected chi connectivity index (χ2v) is 5.72. The van der Waals surface area contributed by atoms with E-state index in [-0.39, 0.29) is 23.7 Å². The summed E-state index contributed by atoms with van der Waals surface area (Å²) in [6.07, 6.45) is 0.461. The van der Waals surface area contributed by atoms with Crippen LogP contribution in [0.5, 0.6) is 0 Å². The fourth-order valence-electron chi connectivity index (χ4n) is 2.48. The van der Waals surface area contributed by atoms with Gasteiger partial charge in [-0.25, -0.2) is 4.39 Å². The first-order chi connectivity index (χ1) is 10.0. The van der Waals surface area contributed by atoms with E-state index >= 15 is 0 Å². The molecule has 1 amide bonds. The lowest BCUT2D eigenvalue weighted by atomic mass is 9.97. The van der Waals surface area contributed by atoms with Gasteiger partial charge in [-0.2, -0.15) is 0 Å². The van der Waals surface area contributed by atoms with Crippen molar-refractivity contribution in [2.75, 3.05) is 33.3 Å². The van der Waals surface area contributed by atoms with Gasteiger partial charge in [-0.1, -0.05) is 19.1 Å². The Kier molecular flexibility index (Phi) is 5.70. The fraction of sp³-hybridized carbons (Fsp3) is 0.562. The van der Waals surface area contributed by atoms with Gasteiger partial charge in [0.05, 0.1) is 12.7 Å². The molecule has 4 nitrogen and oxygen atoms in total. The summed E-state index contributed by atoms with van der Waals surface area (Å²) in [6, 6.07) is 6.31. The molecular formula is C16H23FN2O2. The summed E-state index contributed by atoms with van der Waals surface area (Å²) in [5, 5.41) is 2.92. The van der Waals surface area contributed by atoms with E-state index in [1.54, 1.807) is 12.1 Å². The molecule has 0 saturated carbocycles. The van der Waals surface area contributed by atoms with E-state index in [1.165, 1.54) is 12.1 Å². The molecule has 1 aliphatic rings. The minimum Gasteiger partial charge on any atom is -0.374 e. The topological polar surface area (TPSA) is 41.6 Å². The highest BCUT2D eigenvalue weighted by Crippen LogP contribution is 2.19. The third kappa shape index (κ3) is 5.10. The van der Waals surface area contributed by atoms with Crippen LogP contribution in [0.2, 0.25) is 0 Å². The van der Waals surface area contributed by atoms with E-state index in [0.717, 1.165) is 18.7 Å². The zero-order chi connectivity index (χ0) is 15.2. The second-order valence-electron chi connectivity index (χ2n) is 5.72. The molecule has 1 aliphatic heterocycles. The monoisotopic (exact) mass is 294 g/mol. The van der Waals surface area contributed by atoms with Crippen LogP contribution in [0.15, 0.2) is 24.3 Å². The Morgan fingerprint density at radius 1 is 1.48 bits per heavy atom. The van der Waals surface area contributed by atoms with Gasteiger partial charge in [0.15, 0.2) is 0 Å². The van der Waals surface area contributed by atoms with Gasteiger partial charge >= 0.3 is 0 Å². The van der Waals surface area contributed by atoms with Crippen LogP contribution in [0.25, 0.3) is 0 Å². The average molecular weight is 294 g/mol. The Morgan fingerprint density at radius 3 is 2.86 bits per heavy atom. The molecule has 1 heterocycles. The molecule has 1 saturated heterocycles. The lowest BCUT2D eigenvalue weighted by molar-refractivity contribution is -0.122. The maximum atomic E-state index is 12.9. The summed E-state index contributed by atoms with van der Waals surface area (Å²) in [7, 11) is 2.05. The van der Waals surface area contributed by atoms with Crippen molar-refractivity contribution in [2.45, 2.75) is 25.4 Å². The van der Waals surface area contributed by atoms with E-state index in [0.29, 0.717) is 19.6 Å². The number of morpholine rings is 1. The number of rotatable bonds is 5. The van der Waals surface area contributed by atoms with Gasteiger partial charge in [0.2, 0.25) is 5.91 Å². The summed E-state index contributed by atoms with van der Waals surface area (Å²) < 4.78 is 18.5. The Labute approximate surface area is 125 Å². The zero-order valence-electron chi connectivity index (χ0n) is 12.6. The van der Waals surface area contributed by atoms with Crippen molar-refractivity contribution in [3.05, 3.63) is 35.6 Å². The molecule has 21 heavy (non-hydrogen) atoms. The van der Waals surface area contributed by atoms with Gasteiger partial charge in [0.25, 0.3) is 0 Å². The lowest BCUT2D eigenvalue weighted by Crippen LogP contribution is -2.46. The number of ether oxygens (including phenoxy) is 1. The predicted octanol–water partition coefficient (Wildman–Crippen LogP) is 1.77. The lowest BCUT2D eigenvalue weighted by Gasteiger charge is -2.30. The Bertz CT molecular complexity index is 464. The minimum atomic E-state index is -0.256. The third-order valence-electron chi connectivity index (χ3n) is 3.80.